The minimum Gasteiger partial charge on any atom is -0.443 e. The lowest BCUT2D eigenvalue weighted by atomic mass is 9.98. The number of pyridine rings is 1. The molecule has 0 saturated carbocycles. The Morgan fingerprint density at radius 3 is 2.70 bits per heavy atom. The highest BCUT2D eigenvalue weighted by atomic mass is 19.1. The van der Waals surface area contributed by atoms with E-state index in [1.165, 1.54) is 24.3 Å². The lowest BCUT2D eigenvalue weighted by Crippen LogP contribution is -2.37. The van der Waals surface area contributed by atoms with Crippen molar-refractivity contribution in [3.63, 3.8) is 0 Å². The molecule has 1 unspecified atom stereocenters. The highest BCUT2D eigenvalue weighted by Crippen LogP contribution is 2.37. The molecule has 2 aromatic heterocycles. The molecule has 2 amide bonds. The fourth-order valence-electron chi connectivity index (χ4n) is 4.43. The van der Waals surface area contributed by atoms with Gasteiger partial charge in [-0.25, -0.2) is 19.1 Å². The van der Waals surface area contributed by atoms with Gasteiger partial charge >= 0.3 is 6.09 Å². The van der Waals surface area contributed by atoms with Gasteiger partial charge < -0.3 is 14.6 Å². The Kier molecular flexibility index (Phi) is 6.01. The summed E-state index contributed by atoms with van der Waals surface area (Å²) in [6.07, 6.45) is 0.0786. The number of benzene rings is 1. The number of carbonyl (C=O) groups excluding carboxylic acids is 2. The molecule has 4 heterocycles. The van der Waals surface area contributed by atoms with Crippen LogP contribution in [0.3, 0.4) is 0 Å². The zero-order valence-corrected chi connectivity index (χ0v) is 20.4. The van der Waals surface area contributed by atoms with Crippen molar-refractivity contribution in [2.45, 2.75) is 45.1 Å². The van der Waals surface area contributed by atoms with Crippen LogP contribution in [0, 0.1) is 17.1 Å². The monoisotopic (exact) mass is 505 g/mol. The Balaban J connectivity index is 1.65. The molecule has 11 heteroatoms. The number of carbonyl (C=O) groups is 2. The predicted octanol–water partition coefficient (Wildman–Crippen LogP) is 3.45. The zero-order chi connectivity index (χ0) is 26.5. The molecule has 37 heavy (non-hydrogen) atoms. The fourth-order valence-corrected chi connectivity index (χ4v) is 4.43. The number of aromatic nitrogens is 3. The molecule has 5 rings (SSSR count). The number of nitrogens with zero attached hydrogens (tertiary/aromatic N) is 5. The van der Waals surface area contributed by atoms with E-state index < -0.39 is 35.6 Å². The van der Waals surface area contributed by atoms with Crippen LogP contribution in [0.1, 0.15) is 48.4 Å². The molecule has 0 radical (unpaired) electrons. The summed E-state index contributed by atoms with van der Waals surface area (Å²) in [5.74, 6) is -1.27. The Morgan fingerprint density at radius 1 is 1.24 bits per heavy atom. The van der Waals surface area contributed by atoms with Crippen LogP contribution in [0.4, 0.5) is 9.18 Å². The van der Waals surface area contributed by atoms with Crippen LogP contribution >= 0.6 is 0 Å². The summed E-state index contributed by atoms with van der Waals surface area (Å²) in [4.78, 5) is 31.7. The summed E-state index contributed by atoms with van der Waals surface area (Å²) in [7, 11) is 0. The summed E-state index contributed by atoms with van der Waals surface area (Å²) in [5, 5.41) is 24.3. The lowest BCUT2D eigenvalue weighted by Gasteiger charge is -2.23. The van der Waals surface area contributed by atoms with E-state index in [0.29, 0.717) is 11.3 Å². The molecule has 0 bridgehead atoms. The third-order valence-electron chi connectivity index (χ3n) is 6.11. The first-order valence-corrected chi connectivity index (χ1v) is 11.7. The van der Waals surface area contributed by atoms with Crippen molar-refractivity contribution in [2.75, 3.05) is 13.2 Å². The molecule has 1 fully saturated rings. The number of fused-ring (bicyclic) bond motifs is 1. The number of halogens is 1. The van der Waals surface area contributed by atoms with Crippen LogP contribution in [-0.4, -0.2) is 61.7 Å². The standard InChI is InChI=1S/C26H24FN5O5/c1-26(2,3)37-25(35)31-11-19-23(24(31)34)15(17-7-8-32(30-17)20-12-36-13-21(20)33)9-18(29-19)22-14(10-28)5-4-6-16(22)27/h4-9,20-21,33H,11-13H2,1-3H3/t20?,21-/m0/s1. The van der Waals surface area contributed by atoms with Crippen molar-refractivity contribution < 1.29 is 28.6 Å². The van der Waals surface area contributed by atoms with Crippen molar-refractivity contribution in [2.24, 2.45) is 0 Å². The van der Waals surface area contributed by atoms with Gasteiger partial charge in [0.25, 0.3) is 5.91 Å². The van der Waals surface area contributed by atoms with Gasteiger partial charge in [-0.15, -0.1) is 0 Å². The number of nitriles is 1. The summed E-state index contributed by atoms with van der Waals surface area (Å²) >= 11 is 0. The summed E-state index contributed by atoms with van der Waals surface area (Å²) in [6, 6.07) is 8.83. The first-order chi connectivity index (χ1) is 17.6. The molecule has 1 saturated heterocycles. The third-order valence-corrected chi connectivity index (χ3v) is 6.11. The Labute approximate surface area is 211 Å². The van der Waals surface area contributed by atoms with Crippen LogP contribution in [-0.2, 0) is 16.0 Å². The molecule has 1 N–H and O–H groups in total. The normalized spacial score (nSPS) is 19.1. The van der Waals surface area contributed by atoms with Gasteiger partial charge in [-0.1, -0.05) is 6.07 Å². The third kappa shape index (κ3) is 4.45. The molecule has 190 valence electrons. The summed E-state index contributed by atoms with van der Waals surface area (Å²) in [6.45, 7) is 5.34. The van der Waals surface area contributed by atoms with E-state index in [4.69, 9.17) is 9.47 Å². The maximum Gasteiger partial charge on any atom is 0.417 e. The van der Waals surface area contributed by atoms with Crippen molar-refractivity contribution in [1.29, 1.82) is 5.26 Å². The van der Waals surface area contributed by atoms with Gasteiger partial charge in [0, 0.05) is 11.8 Å². The van der Waals surface area contributed by atoms with Crippen molar-refractivity contribution in [3.05, 3.63) is 59.2 Å². The van der Waals surface area contributed by atoms with E-state index >= 15 is 0 Å². The highest BCUT2D eigenvalue weighted by Gasteiger charge is 2.39. The largest absolute Gasteiger partial charge is 0.443 e. The lowest BCUT2D eigenvalue weighted by molar-refractivity contribution is 0.0247. The van der Waals surface area contributed by atoms with Crippen LogP contribution in [0.15, 0.2) is 36.5 Å². The number of aliphatic hydroxyl groups is 1. The topological polar surface area (TPSA) is 131 Å². The second-order valence-corrected chi connectivity index (χ2v) is 9.88. The van der Waals surface area contributed by atoms with Crippen LogP contribution in [0.25, 0.3) is 22.5 Å². The number of aliphatic hydroxyl groups excluding tert-OH is 1. The molecule has 1 aromatic carbocycles. The quantitative estimate of drug-likeness (QED) is 0.573. The van der Waals surface area contributed by atoms with E-state index in [9.17, 15) is 24.3 Å². The number of hydrogen-bond acceptors (Lipinski definition) is 8. The molecular weight excluding hydrogens is 481 g/mol. The van der Waals surface area contributed by atoms with Crippen LogP contribution in [0.5, 0.6) is 0 Å². The van der Waals surface area contributed by atoms with E-state index in [2.05, 4.69) is 10.1 Å². The van der Waals surface area contributed by atoms with Gasteiger partial charge in [-0.05, 0) is 45.0 Å². The number of imide groups is 1. The maximum absolute atomic E-state index is 14.9. The molecule has 2 aliphatic heterocycles. The fraction of sp³-hybridized carbons (Fsp3) is 0.346. The number of rotatable bonds is 3. The number of hydrogen-bond donors (Lipinski definition) is 1. The minimum atomic E-state index is -0.830. The molecule has 3 aromatic rings. The van der Waals surface area contributed by atoms with Gasteiger partial charge in [0.2, 0.25) is 0 Å². The van der Waals surface area contributed by atoms with Crippen LogP contribution < -0.4 is 0 Å². The van der Waals surface area contributed by atoms with Crippen molar-refractivity contribution >= 4 is 12.0 Å². The van der Waals surface area contributed by atoms with E-state index in [1.54, 1.807) is 37.7 Å². The number of ether oxygens (including phenoxy) is 2. The smallest absolute Gasteiger partial charge is 0.417 e. The zero-order valence-electron chi connectivity index (χ0n) is 20.4. The first-order valence-electron chi connectivity index (χ1n) is 11.7. The average molecular weight is 506 g/mol. The summed E-state index contributed by atoms with van der Waals surface area (Å²) < 4.78 is 27.2. The Morgan fingerprint density at radius 2 is 2.03 bits per heavy atom. The molecule has 10 nitrogen and oxygen atoms in total. The Bertz CT molecular complexity index is 1450. The Hall–Kier alpha value is -4.14. The first kappa shape index (κ1) is 24.5. The maximum atomic E-state index is 14.9. The van der Waals surface area contributed by atoms with E-state index in [-0.39, 0.29) is 47.8 Å². The van der Waals surface area contributed by atoms with Gasteiger partial charge in [0.1, 0.15) is 23.6 Å². The second kappa shape index (κ2) is 9.06. The molecular formula is C26H24FN5O5. The molecule has 0 aliphatic carbocycles. The minimum absolute atomic E-state index is 0.0173. The SMILES string of the molecule is CC(C)(C)OC(=O)N1Cc2nc(-c3c(F)cccc3C#N)cc(-c3ccn(C4COC[C@@H]4O)n3)c2C1=O. The number of amides is 2. The van der Waals surface area contributed by atoms with Gasteiger partial charge in [-0.3, -0.25) is 9.48 Å². The molecule has 0 spiro atoms. The molecule has 2 atom stereocenters. The second-order valence-electron chi connectivity index (χ2n) is 9.88. The summed E-state index contributed by atoms with van der Waals surface area (Å²) in [5.41, 5.74) is 0.391. The highest BCUT2D eigenvalue weighted by molar-refractivity contribution is 6.10. The van der Waals surface area contributed by atoms with Crippen LogP contribution in [0.2, 0.25) is 0 Å². The predicted molar refractivity (Wildman–Crippen MR) is 128 cm³/mol. The molecule has 2 aliphatic rings. The van der Waals surface area contributed by atoms with Gasteiger partial charge in [0.15, 0.2) is 0 Å². The van der Waals surface area contributed by atoms with Crippen molar-refractivity contribution in [1.82, 2.24) is 19.7 Å². The van der Waals surface area contributed by atoms with Gasteiger partial charge in [-0.2, -0.15) is 10.4 Å². The average Bonchev–Trinajstić information content (AvgIpc) is 3.56. The van der Waals surface area contributed by atoms with Crippen molar-refractivity contribution in [3.8, 4) is 28.6 Å². The van der Waals surface area contributed by atoms with E-state index in [1.807, 2.05) is 6.07 Å². The van der Waals surface area contributed by atoms with E-state index in [0.717, 1.165) is 4.90 Å². The van der Waals surface area contributed by atoms with Gasteiger partial charge in [0.05, 0.1) is 59.6 Å².